The molecular weight excluding hydrogens is 482 g/mol. The van der Waals surface area contributed by atoms with Gasteiger partial charge in [0, 0.05) is 37.2 Å². The smallest absolute Gasteiger partial charge is 0.283 e. The minimum Gasteiger partial charge on any atom is -0.375 e. The monoisotopic (exact) mass is 511 g/mol. The van der Waals surface area contributed by atoms with Gasteiger partial charge < -0.3 is 19.7 Å². The maximum Gasteiger partial charge on any atom is 0.283 e. The van der Waals surface area contributed by atoms with Crippen molar-refractivity contribution in [3.05, 3.63) is 76.4 Å². The predicted octanol–water partition coefficient (Wildman–Crippen LogP) is 3.42. The third-order valence-corrected chi connectivity index (χ3v) is 7.35. The fourth-order valence-corrected chi connectivity index (χ4v) is 5.49. The molecule has 190 valence electrons. The van der Waals surface area contributed by atoms with E-state index in [0.29, 0.717) is 49.6 Å². The van der Waals surface area contributed by atoms with Gasteiger partial charge in [-0.2, -0.15) is 0 Å². The van der Waals surface area contributed by atoms with Crippen molar-refractivity contribution in [2.45, 2.75) is 41.7 Å². The average Bonchev–Trinajstić information content (AvgIpc) is 2.89. The van der Waals surface area contributed by atoms with Gasteiger partial charge in [-0.15, -0.1) is 0 Å². The lowest BCUT2D eigenvalue weighted by atomic mass is 10.0. The molecule has 9 nitrogen and oxygen atoms in total. The number of likely N-dealkylation sites (tertiary alicyclic amines) is 1. The number of carbonyl (C=O) groups is 2. The maximum atomic E-state index is 13.0. The molecule has 10 heteroatoms. The van der Waals surface area contributed by atoms with Crippen LogP contribution in [0.2, 0.25) is 0 Å². The molecular formula is C26H29N3O6S. The maximum absolute atomic E-state index is 13.0. The molecule has 2 saturated heterocycles. The fraction of sp³-hybridized carbons (Fsp3) is 0.385. The molecule has 2 amide bonds. The van der Waals surface area contributed by atoms with Gasteiger partial charge in [0.1, 0.15) is 5.44 Å². The highest BCUT2D eigenvalue weighted by molar-refractivity contribution is 8.00. The van der Waals surface area contributed by atoms with Crippen LogP contribution in [0.4, 0.5) is 5.69 Å². The topological polar surface area (TPSA) is 111 Å². The summed E-state index contributed by atoms with van der Waals surface area (Å²) in [7, 11) is 0. The molecule has 2 aliphatic rings. The molecule has 0 aliphatic carbocycles. The van der Waals surface area contributed by atoms with Gasteiger partial charge in [0.15, 0.2) is 0 Å². The quantitative estimate of drug-likeness (QED) is 0.238. The molecule has 0 aromatic heterocycles. The van der Waals surface area contributed by atoms with Crippen LogP contribution < -0.4 is 5.32 Å². The number of rotatable bonds is 9. The van der Waals surface area contributed by atoms with E-state index in [0.717, 1.165) is 18.4 Å². The van der Waals surface area contributed by atoms with Crippen LogP contribution in [0.3, 0.4) is 0 Å². The second kappa shape index (κ2) is 12.2. The van der Waals surface area contributed by atoms with Gasteiger partial charge in [0.05, 0.1) is 29.1 Å². The largest absolute Gasteiger partial charge is 0.375 e. The van der Waals surface area contributed by atoms with Crippen LogP contribution in [0, 0.1) is 10.1 Å². The van der Waals surface area contributed by atoms with Gasteiger partial charge in [0.25, 0.3) is 11.6 Å². The average molecular weight is 512 g/mol. The van der Waals surface area contributed by atoms with Crippen LogP contribution in [0.15, 0.2) is 60.0 Å². The first-order valence-electron chi connectivity index (χ1n) is 11.8. The highest BCUT2D eigenvalue weighted by atomic mass is 32.2. The Hall–Kier alpha value is -3.21. The number of thioether (sulfide) groups is 1. The molecule has 1 N–H and O–H groups in total. The van der Waals surface area contributed by atoms with Crippen molar-refractivity contribution in [3.8, 4) is 0 Å². The van der Waals surface area contributed by atoms with E-state index in [1.807, 2.05) is 30.3 Å². The Morgan fingerprint density at radius 1 is 1.25 bits per heavy atom. The number of nitro groups is 1. The summed E-state index contributed by atoms with van der Waals surface area (Å²) in [6.45, 7) is 5.64. The molecule has 2 aliphatic heterocycles. The molecule has 4 rings (SSSR count). The highest BCUT2D eigenvalue weighted by Crippen LogP contribution is 2.36. The Labute approximate surface area is 214 Å². The number of nitrogens with one attached hydrogen (secondary N) is 1. The minimum atomic E-state index is -0.459. The Morgan fingerprint density at radius 2 is 2.06 bits per heavy atom. The molecule has 0 saturated carbocycles. The van der Waals surface area contributed by atoms with Crippen molar-refractivity contribution < 1.29 is 24.0 Å². The number of nitro benzene ring substituents is 1. The van der Waals surface area contributed by atoms with Gasteiger partial charge in [-0.1, -0.05) is 54.7 Å². The molecule has 2 aromatic carbocycles. The summed E-state index contributed by atoms with van der Waals surface area (Å²) in [5.41, 5.74) is 1.21. The van der Waals surface area contributed by atoms with Gasteiger partial charge in [-0.05, 0) is 30.0 Å². The van der Waals surface area contributed by atoms with E-state index in [9.17, 15) is 19.7 Å². The lowest BCUT2D eigenvalue weighted by molar-refractivity contribution is -0.387. The Balaban J connectivity index is 1.43. The van der Waals surface area contributed by atoms with Crippen molar-refractivity contribution in [1.82, 2.24) is 10.2 Å². The molecule has 3 atom stereocenters. The second-order valence-electron chi connectivity index (χ2n) is 8.83. The van der Waals surface area contributed by atoms with Crippen LogP contribution in [0.5, 0.6) is 0 Å². The number of hydrogen-bond acceptors (Lipinski definition) is 7. The lowest BCUT2D eigenvalue weighted by Gasteiger charge is -2.33. The van der Waals surface area contributed by atoms with Gasteiger partial charge in [-0.25, -0.2) is 0 Å². The predicted molar refractivity (Wildman–Crippen MR) is 136 cm³/mol. The molecule has 3 unspecified atom stereocenters. The van der Waals surface area contributed by atoms with E-state index in [2.05, 4.69) is 11.9 Å². The third-order valence-electron chi connectivity index (χ3n) is 6.24. The van der Waals surface area contributed by atoms with Crippen molar-refractivity contribution in [1.29, 1.82) is 0 Å². The first kappa shape index (κ1) is 25.9. The fourth-order valence-electron chi connectivity index (χ4n) is 4.43. The van der Waals surface area contributed by atoms with Crippen LogP contribution in [-0.2, 0) is 25.5 Å². The molecule has 0 spiro atoms. The van der Waals surface area contributed by atoms with E-state index in [1.54, 1.807) is 17.0 Å². The van der Waals surface area contributed by atoms with Crippen molar-refractivity contribution in [3.63, 3.8) is 0 Å². The summed E-state index contributed by atoms with van der Waals surface area (Å²) in [5, 5.41) is 14.6. The first-order valence-corrected chi connectivity index (χ1v) is 12.7. The van der Waals surface area contributed by atoms with Crippen molar-refractivity contribution in [2.75, 3.05) is 26.3 Å². The molecule has 0 radical (unpaired) electrons. The summed E-state index contributed by atoms with van der Waals surface area (Å²) >= 11 is 1.24. The second-order valence-corrected chi connectivity index (χ2v) is 10.0. The first-order chi connectivity index (χ1) is 17.4. The number of benzene rings is 2. The molecule has 2 fully saturated rings. The molecule has 36 heavy (non-hydrogen) atoms. The normalized spacial score (nSPS) is 22.0. The standard InChI is InChI=1S/C26H29N3O6S/c1-18(26(31)28-11-5-8-21(14-28)27-17-30)20-9-10-24(23(13-20)29(32)33)36-25-16-34-15-22(35-25)12-19-6-3-2-4-7-19/h2-4,6-7,9-10,13,17,21-22,25H,1,5,8,11-12,14-16H2,(H,27,30). The summed E-state index contributed by atoms with van der Waals surface area (Å²) < 4.78 is 11.9. The van der Waals surface area contributed by atoms with Crippen LogP contribution in [-0.4, -0.2) is 66.0 Å². The summed E-state index contributed by atoms with van der Waals surface area (Å²) in [6.07, 6.45) is 2.75. The van der Waals surface area contributed by atoms with Gasteiger partial charge in [0.2, 0.25) is 6.41 Å². The van der Waals surface area contributed by atoms with E-state index in [1.165, 1.54) is 17.8 Å². The zero-order valence-corrected chi connectivity index (χ0v) is 20.7. The molecule has 2 aromatic rings. The summed E-state index contributed by atoms with van der Waals surface area (Å²) in [6, 6.07) is 14.5. The zero-order valence-electron chi connectivity index (χ0n) is 19.8. The lowest BCUT2D eigenvalue weighted by Crippen LogP contribution is -2.47. The van der Waals surface area contributed by atoms with Crippen molar-refractivity contribution >= 4 is 35.3 Å². The number of amides is 2. The highest BCUT2D eigenvalue weighted by Gasteiger charge is 2.29. The zero-order chi connectivity index (χ0) is 25.5. The Morgan fingerprint density at radius 3 is 2.81 bits per heavy atom. The van der Waals surface area contributed by atoms with E-state index in [4.69, 9.17) is 9.47 Å². The third kappa shape index (κ3) is 6.51. The summed E-state index contributed by atoms with van der Waals surface area (Å²) in [4.78, 5) is 37.3. The van der Waals surface area contributed by atoms with Crippen LogP contribution in [0.25, 0.3) is 5.57 Å². The van der Waals surface area contributed by atoms with E-state index < -0.39 is 10.4 Å². The minimum absolute atomic E-state index is 0.107. The Bertz CT molecular complexity index is 1110. The van der Waals surface area contributed by atoms with Crippen LogP contribution in [0.1, 0.15) is 24.0 Å². The number of nitrogens with zero attached hydrogens (tertiary/aromatic N) is 2. The number of carbonyl (C=O) groups excluding carboxylic acids is 2. The Kier molecular flexibility index (Phi) is 8.74. The molecule has 0 bridgehead atoms. The summed E-state index contributed by atoms with van der Waals surface area (Å²) in [5.74, 6) is -0.296. The van der Waals surface area contributed by atoms with E-state index >= 15 is 0 Å². The number of hydrogen-bond donors (Lipinski definition) is 1. The van der Waals surface area contributed by atoms with Crippen LogP contribution >= 0.6 is 11.8 Å². The number of ether oxygens (including phenoxy) is 2. The van der Waals surface area contributed by atoms with Gasteiger partial charge in [-0.3, -0.25) is 19.7 Å². The SMILES string of the molecule is C=C(C(=O)N1CCCC(NC=O)C1)c1ccc(SC2COCC(Cc3ccccc3)O2)c([N+](=O)[O-])c1. The van der Waals surface area contributed by atoms with E-state index in [-0.39, 0.29) is 29.3 Å². The van der Waals surface area contributed by atoms with Crippen molar-refractivity contribution in [2.24, 2.45) is 0 Å². The number of piperidine rings is 1. The van der Waals surface area contributed by atoms with Gasteiger partial charge >= 0.3 is 0 Å². The molecule has 2 heterocycles.